The Kier molecular flexibility index (Phi) is 6.50. The summed E-state index contributed by atoms with van der Waals surface area (Å²) in [5.74, 6) is 0.639. The number of carbonyl (C=O) groups is 2. The van der Waals surface area contributed by atoms with E-state index in [9.17, 15) is 9.59 Å². The van der Waals surface area contributed by atoms with E-state index >= 15 is 0 Å². The summed E-state index contributed by atoms with van der Waals surface area (Å²) < 4.78 is 5.22. The standard InChI is InChI=1S/C24H28N4O3/c1-31-21-9-7-20(8-10-21)27-15-13-19(14-16-27)25-24(30)22-11-12-23(29)28(26-22)17-18-5-3-2-4-6-18/h2-10,19H,11-17H2,1H3,(H,25,30). The summed E-state index contributed by atoms with van der Waals surface area (Å²) in [6, 6.07) is 17.9. The van der Waals surface area contributed by atoms with Crippen molar-refractivity contribution < 1.29 is 14.3 Å². The number of piperidine rings is 1. The Balaban J connectivity index is 1.31. The fourth-order valence-corrected chi connectivity index (χ4v) is 3.99. The SMILES string of the molecule is COc1ccc(N2CCC(NC(=O)C3=NN(Cc4ccccc4)C(=O)CC3)CC2)cc1. The van der Waals surface area contributed by atoms with Gasteiger partial charge in [0.15, 0.2) is 0 Å². The van der Waals surface area contributed by atoms with E-state index in [1.54, 1.807) is 7.11 Å². The highest BCUT2D eigenvalue weighted by Gasteiger charge is 2.27. The molecule has 7 heteroatoms. The number of carbonyl (C=O) groups excluding carboxylic acids is 2. The van der Waals surface area contributed by atoms with Gasteiger partial charge in [0, 0.05) is 37.7 Å². The molecule has 0 radical (unpaired) electrons. The molecule has 0 spiro atoms. The van der Waals surface area contributed by atoms with Crippen molar-refractivity contribution in [3.63, 3.8) is 0 Å². The Morgan fingerprint density at radius 3 is 2.45 bits per heavy atom. The third-order valence-electron chi connectivity index (χ3n) is 5.81. The van der Waals surface area contributed by atoms with Crippen LogP contribution in [0.5, 0.6) is 5.75 Å². The van der Waals surface area contributed by atoms with E-state index in [0.717, 1.165) is 42.9 Å². The van der Waals surface area contributed by atoms with E-state index in [1.807, 2.05) is 42.5 Å². The topological polar surface area (TPSA) is 74.2 Å². The van der Waals surface area contributed by atoms with E-state index < -0.39 is 0 Å². The van der Waals surface area contributed by atoms with Gasteiger partial charge in [-0.2, -0.15) is 5.10 Å². The fraction of sp³-hybridized carbons (Fsp3) is 0.375. The summed E-state index contributed by atoms with van der Waals surface area (Å²) >= 11 is 0. The van der Waals surface area contributed by atoms with Crippen molar-refractivity contribution in [2.75, 3.05) is 25.1 Å². The predicted octanol–water partition coefficient (Wildman–Crippen LogP) is 2.96. The minimum atomic E-state index is -0.159. The number of methoxy groups -OCH3 is 1. The Hall–Kier alpha value is -3.35. The van der Waals surface area contributed by atoms with Gasteiger partial charge in [-0.05, 0) is 42.7 Å². The van der Waals surface area contributed by atoms with E-state index in [2.05, 4.69) is 27.5 Å². The summed E-state index contributed by atoms with van der Waals surface area (Å²) in [5.41, 5.74) is 2.59. The molecule has 2 aliphatic heterocycles. The van der Waals surface area contributed by atoms with Crippen molar-refractivity contribution >= 4 is 23.2 Å². The second kappa shape index (κ2) is 9.64. The Morgan fingerprint density at radius 2 is 1.77 bits per heavy atom. The van der Waals surface area contributed by atoms with E-state index in [1.165, 1.54) is 5.01 Å². The van der Waals surface area contributed by atoms with Crippen LogP contribution >= 0.6 is 0 Å². The average molecular weight is 421 g/mol. The summed E-state index contributed by atoms with van der Waals surface area (Å²) in [7, 11) is 1.66. The lowest BCUT2D eigenvalue weighted by atomic mass is 10.0. The smallest absolute Gasteiger partial charge is 0.267 e. The molecule has 2 aromatic carbocycles. The number of hydrogen-bond acceptors (Lipinski definition) is 5. The number of nitrogens with one attached hydrogen (secondary N) is 1. The van der Waals surface area contributed by atoms with Gasteiger partial charge in [0.25, 0.3) is 5.91 Å². The highest BCUT2D eigenvalue weighted by Crippen LogP contribution is 2.23. The van der Waals surface area contributed by atoms with Crippen molar-refractivity contribution in [2.24, 2.45) is 5.10 Å². The number of amides is 2. The quantitative estimate of drug-likeness (QED) is 0.780. The maximum absolute atomic E-state index is 12.8. The molecule has 0 unspecified atom stereocenters. The van der Waals surface area contributed by atoms with Crippen molar-refractivity contribution in [1.82, 2.24) is 10.3 Å². The molecule has 0 atom stereocenters. The second-order valence-electron chi connectivity index (χ2n) is 7.92. The molecule has 0 aliphatic carbocycles. The molecule has 1 N–H and O–H groups in total. The molecule has 1 saturated heterocycles. The highest BCUT2D eigenvalue weighted by atomic mass is 16.5. The Morgan fingerprint density at radius 1 is 1.06 bits per heavy atom. The monoisotopic (exact) mass is 420 g/mol. The Bertz CT molecular complexity index is 935. The molecule has 2 amide bonds. The average Bonchev–Trinajstić information content (AvgIpc) is 2.82. The van der Waals surface area contributed by atoms with Crippen molar-refractivity contribution in [3.05, 3.63) is 60.2 Å². The summed E-state index contributed by atoms with van der Waals surface area (Å²) in [6.45, 7) is 2.14. The molecule has 0 aromatic heterocycles. The number of hydrazone groups is 1. The fourth-order valence-electron chi connectivity index (χ4n) is 3.99. The van der Waals surface area contributed by atoms with Gasteiger partial charge in [-0.15, -0.1) is 0 Å². The molecule has 2 aliphatic rings. The molecular formula is C24H28N4O3. The van der Waals surface area contributed by atoms with Crippen LogP contribution in [0.3, 0.4) is 0 Å². The molecular weight excluding hydrogens is 392 g/mol. The van der Waals surface area contributed by atoms with Gasteiger partial charge in [0.05, 0.1) is 13.7 Å². The van der Waals surface area contributed by atoms with Gasteiger partial charge >= 0.3 is 0 Å². The van der Waals surface area contributed by atoms with Gasteiger partial charge in [0.1, 0.15) is 11.5 Å². The van der Waals surface area contributed by atoms with Crippen molar-refractivity contribution in [3.8, 4) is 5.75 Å². The van der Waals surface area contributed by atoms with Gasteiger partial charge < -0.3 is 15.0 Å². The van der Waals surface area contributed by atoms with Gasteiger partial charge in [-0.25, -0.2) is 5.01 Å². The molecule has 31 heavy (non-hydrogen) atoms. The first-order valence-corrected chi connectivity index (χ1v) is 10.7. The molecule has 0 saturated carbocycles. The maximum Gasteiger partial charge on any atom is 0.267 e. The number of rotatable bonds is 6. The number of hydrogen-bond donors (Lipinski definition) is 1. The highest BCUT2D eigenvalue weighted by molar-refractivity contribution is 6.39. The predicted molar refractivity (Wildman–Crippen MR) is 120 cm³/mol. The Labute approximate surface area is 182 Å². The van der Waals surface area contributed by atoms with Gasteiger partial charge in [0.2, 0.25) is 5.91 Å². The number of nitrogens with zero attached hydrogens (tertiary/aromatic N) is 3. The van der Waals surface area contributed by atoms with Crippen molar-refractivity contribution in [2.45, 2.75) is 38.3 Å². The third kappa shape index (κ3) is 5.23. The normalized spacial score (nSPS) is 17.3. The zero-order valence-electron chi connectivity index (χ0n) is 17.8. The zero-order valence-corrected chi connectivity index (χ0v) is 17.8. The maximum atomic E-state index is 12.8. The second-order valence-corrected chi connectivity index (χ2v) is 7.92. The van der Waals surface area contributed by atoms with Crippen LogP contribution in [0.2, 0.25) is 0 Å². The first-order chi connectivity index (χ1) is 15.1. The largest absolute Gasteiger partial charge is 0.497 e. The van der Waals surface area contributed by atoms with Crippen molar-refractivity contribution in [1.29, 1.82) is 0 Å². The number of ether oxygens (including phenoxy) is 1. The first-order valence-electron chi connectivity index (χ1n) is 10.7. The zero-order chi connectivity index (χ0) is 21.6. The molecule has 0 bridgehead atoms. The minimum absolute atomic E-state index is 0.0480. The first kappa shape index (κ1) is 20.9. The molecule has 162 valence electrons. The van der Waals surface area contributed by atoms with Crippen LogP contribution in [-0.2, 0) is 16.1 Å². The molecule has 2 aromatic rings. The summed E-state index contributed by atoms with van der Waals surface area (Å²) in [6.07, 6.45) is 2.45. The van der Waals surface area contributed by atoms with E-state index in [0.29, 0.717) is 25.1 Å². The molecule has 4 rings (SSSR count). The van der Waals surface area contributed by atoms with Crippen LogP contribution in [0.25, 0.3) is 0 Å². The van der Waals surface area contributed by atoms with E-state index in [-0.39, 0.29) is 17.9 Å². The molecule has 2 heterocycles. The third-order valence-corrected chi connectivity index (χ3v) is 5.81. The lowest BCUT2D eigenvalue weighted by molar-refractivity contribution is -0.132. The lowest BCUT2D eigenvalue weighted by Crippen LogP contribution is -2.47. The molecule has 7 nitrogen and oxygen atoms in total. The van der Waals surface area contributed by atoms with Crippen LogP contribution < -0.4 is 15.0 Å². The van der Waals surface area contributed by atoms with Gasteiger partial charge in [-0.3, -0.25) is 9.59 Å². The number of benzene rings is 2. The van der Waals surface area contributed by atoms with E-state index in [4.69, 9.17) is 4.74 Å². The van der Waals surface area contributed by atoms with Crippen LogP contribution in [0.4, 0.5) is 5.69 Å². The van der Waals surface area contributed by atoms with Crippen LogP contribution in [0.1, 0.15) is 31.2 Å². The summed E-state index contributed by atoms with van der Waals surface area (Å²) in [5, 5.41) is 8.91. The lowest BCUT2D eigenvalue weighted by Gasteiger charge is -2.34. The van der Waals surface area contributed by atoms with Crippen LogP contribution in [0.15, 0.2) is 59.7 Å². The minimum Gasteiger partial charge on any atom is -0.497 e. The van der Waals surface area contributed by atoms with Crippen LogP contribution in [0, 0.1) is 0 Å². The van der Waals surface area contributed by atoms with Gasteiger partial charge in [-0.1, -0.05) is 30.3 Å². The molecule has 1 fully saturated rings. The van der Waals surface area contributed by atoms with Crippen LogP contribution in [-0.4, -0.2) is 48.8 Å². The summed E-state index contributed by atoms with van der Waals surface area (Å²) in [4.78, 5) is 27.3. The number of anilines is 1.